The molecule has 2 N–H and O–H groups in total. The molecule has 0 unspecified atom stereocenters. The first-order chi connectivity index (χ1) is 12.0. The SMILES string of the molecule is CN(Cc1ccccc1)C(=O)N1CCN(CC(=O)NCC(=O)O)CC1. The van der Waals surface area contributed by atoms with Crippen LogP contribution in [0.1, 0.15) is 5.56 Å². The Morgan fingerprint density at radius 2 is 1.76 bits per heavy atom. The fraction of sp³-hybridized carbons (Fsp3) is 0.471. The van der Waals surface area contributed by atoms with Crippen LogP contribution in [0.15, 0.2) is 30.3 Å². The lowest BCUT2D eigenvalue weighted by Crippen LogP contribution is -2.53. The van der Waals surface area contributed by atoms with E-state index in [1.54, 1.807) is 16.8 Å². The minimum atomic E-state index is -1.06. The van der Waals surface area contributed by atoms with E-state index in [-0.39, 0.29) is 25.0 Å². The topological polar surface area (TPSA) is 93.2 Å². The summed E-state index contributed by atoms with van der Waals surface area (Å²) in [6.07, 6.45) is 0. The van der Waals surface area contributed by atoms with Crippen LogP contribution in [0.4, 0.5) is 4.79 Å². The van der Waals surface area contributed by atoms with Crippen molar-refractivity contribution >= 4 is 17.9 Å². The van der Waals surface area contributed by atoms with E-state index in [1.165, 1.54) is 0 Å². The van der Waals surface area contributed by atoms with Gasteiger partial charge in [-0.1, -0.05) is 30.3 Å². The number of carboxylic acids is 1. The average molecular weight is 348 g/mol. The molecular formula is C17H24N4O4. The first kappa shape index (κ1) is 18.7. The Kier molecular flexibility index (Phi) is 6.76. The van der Waals surface area contributed by atoms with E-state index >= 15 is 0 Å². The second-order valence-electron chi connectivity index (χ2n) is 6.06. The molecule has 8 heteroatoms. The Balaban J connectivity index is 1.74. The van der Waals surface area contributed by atoms with E-state index in [0.29, 0.717) is 32.7 Å². The predicted octanol–water partition coefficient (Wildman–Crippen LogP) is 0.0568. The van der Waals surface area contributed by atoms with Crippen molar-refractivity contribution < 1.29 is 19.5 Å². The molecule has 1 saturated heterocycles. The molecule has 0 saturated carbocycles. The van der Waals surface area contributed by atoms with E-state index in [4.69, 9.17) is 5.11 Å². The molecule has 1 fully saturated rings. The van der Waals surface area contributed by atoms with Gasteiger partial charge in [0.25, 0.3) is 0 Å². The molecule has 8 nitrogen and oxygen atoms in total. The minimum Gasteiger partial charge on any atom is -0.480 e. The Labute approximate surface area is 147 Å². The number of piperazine rings is 1. The molecule has 1 aromatic rings. The number of hydrogen-bond donors (Lipinski definition) is 2. The van der Waals surface area contributed by atoms with Crippen LogP contribution in [-0.2, 0) is 16.1 Å². The fourth-order valence-electron chi connectivity index (χ4n) is 2.70. The van der Waals surface area contributed by atoms with E-state index in [9.17, 15) is 14.4 Å². The van der Waals surface area contributed by atoms with Crippen molar-refractivity contribution in [1.29, 1.82) is 0 Å². The number of carbonyl (C=O) groups is 3. The summed E-state index contributed by atoms with van der Waals surface area (Å²) in [5.74, 6) is -1.38. The van der Waals surface area contributed by atoms with Gasteiger partial charge in [-0.3, -0.25) is 14.5 Å². The molecular weight excluding hydrogens is 324 g/mol. The van der Waals surface area contributed by atoms with Crippen molar-refractivity contribution in [2.45, 2.75) is 6.54 Å². The standard InChI is InChI=1S/C17H24N4O4/c1-19(12-14-5-3-2-4-6-14)17(25)21-9-7-20(8-10-21)13-15(22)18-11-16(23)24/h2-6H,7-13H2,1H3,(H,18,22)(H,23,24). The zero-order chi connectivity index (χ0) is 18.2. The number of nitrogens with one attached hydrogen (secondary N) is 1. The summed E-state index contributed by atoms with van der Waals surface area (Å²) in [5, 5.41) is 10.9. The Morgan fingerprint density at radius 1 is 1.12 bits per heavy atom. The highest BCUT2D eigenvalue weighted by Gasteiger charge is 2.24. The summed E-state index contributed by atoms with van der Waals surface area (Å²) < 4.78 is 0. The summed E-state index contributed by atoms with van der Waals surface area (Å²) in [4.78, 5) is 39.9. The van der Waals surface area contributed by atoms with Crippen molar-refractivity contribution in [3.63, 3.8) is 0 Å². The third kappa shape index (κ3) is 6.07. The van der Waals surface area contributed by atoms with Crippen LogP contribution in [0.25, 0.3) is 0 Å². The van der Waals surface area contributed by atoms with Crippen molar-refractivity contribution in [3.8, 4) is 0 Å². The number of benzene rings is 1. The molecule has 25 heavy (non-hydrogen) atoms. The summed E-state index contributed by atoms with van der Waals surface area (Å²) in [6.45, 7) is 2.60. The molecule has 0 aromatic heterocycles. The summed E-state index contributed by atoms with van der Waals surface area (Å²) >= 11 is 0. The Bertz CT molecular complexity index is 600. The number of carboxylic acid groups (broad SMARTS) is 1. The third-order valence-electron chi connectivity index (χ3n) is 4.04. The maximum atomic E-state index is 12.5. The van der Waals surface area contributed by atoms with Crippen LogP contribution in [0.3, 0.4) is 0 Å². The van der Waals surface area contributed by atoms with Gasteiger partial charge in [0.15, 0.2) is 0 Å². The van der Waals surface area contributed by atoms with Crippen LogP contribution in [0, 0.1) is 0 Å². The lowest BCUT2D eigenvalue weighted by atomic mass is 10.2. The number of hydrogen-bond acceptors (Lipinski definition) is 4. The molecule has 1 aromatic carbocycles. The van der Waals surface area contributed by atoms with Crippen LogP contribution >= 0.6 is 0 Å². The first-order valence-corrected chi connectivity index (χ1v) is 8.20. The molecule has 2 rings (SSSR count). The number of urea groups is 1. The predicted molar refractivity (Wildman–Crippen MR) is 92.0 cm³/mol. The molecule has 0 spiro atoms. The zero-order valence-corrected chi connectivity index (χ0v) is 14.4. The van der Waals surface area contributed by atoms with E-state index < -0.39 is 5.97 Å². The summed E-state index contributed by atoms with van der Waals surface area (Å²) in [5.41, 5.74) is 1.08. The maximum absolute atomic E-state index is 12.5. The van der Waals surface area contributed by atoms with E-state index in [2.05, 4.69) is 5.32 Å². The number of amides is 3. The van der Waals surface area contributed by atoms with Gasteiger partial charge in [0.1, 0.15) is 6.54 Å². The second-order valence-corrected chi connectivity index (χ2v) is 6.06. The fourth-order valence-corrected chi connectivity index (χ4v) is 2.70. The maximum Gasteiger partial charge on any atom is 0.322 e. The monoisotopic (exact) mass is 348 g/mol. The van der Waals surface area contributed by atoms with Gasteiger partial charge in [0, 0.05) is 39.8 Å². The van der Waals surface area contributed by atoms with Crippen molar-refractivity contribution in [3.05, 3.63) is 35.9 Å². The Hall–Kier alpha value is -2.61. The van der Waals surface area contributed by atoms with Gasteiger partial charge >= 0.3 is 12.0 Å². The molecule has 0 aliphatic carbocycles. The largest absolute Gasteiger partial charge is 0.480 e. The van der Waals surface area contributed by atoms with Gasteiger partial charge in [-0.25, -0.2) is 4.79 Å². The van der Waals surface area contributed by atoms with Crippen LogP contribution in [0.2, 0.25) is 0 Å². The molecule has 1 aliphatic heterocycles. The number of nitrogens with zero attached hydrogens (tertiary/aromatic N) is 3. The minimum absolute atomic E-state index is 0.0289. The highest BCUT2D eigenvalue weighted by atomic mass is 16.4. The normalized spacial score (nSPS) is 14.8. The summed E-state index contributed by atoms with van der Waals surface area (Å²) in [7, 11) is 1.78. The van der Waals surface area contributed by atoms with Gasteiger partial charge in [0.2, 0.25) is 5.91 Å². The van der Waals surface area contributed by atoms with E-state index in [1.807, 2.05) is 35.2 Å². The van der Waals surface area contributed by atoms with Crippen molar-refractivity contribution in [1.82, 2.24) is 20.0 Å². The molecule has 136 valence electrons. The first-order valence-electron chi connectivity index (χ1n) is 8.20. The number of rotatable bonds is 6. The molecule has 3 amide bonds. The third-order valence-corrected chi connectivity index (χ3v) is 4.04. The van der Waals surface area contributed by atoms with Gasteiger partial charge < -0.3 is 20.2 Å². The Morgan fingerprint density at radius 3 is 2.36 bits per heavy atom. The smallest absolute Gasteiger partial charge is 0.322 e. The average Bonchev–Trinajstić information content (AvgIpc) is 2.61. The van der Waals surface area contributed by atoms with Crippen LogP contribution < -0.4 is 5.32 Å². The zero-order valence-electron chi connectivity index (χ0n) is 14.4. The second kappa shape index (κ2) is 9.03. The molecule has 0 radical (unpaired) electrons. The number of carbonyl (C=O) groups excluding carboxylic acids is 2. The lowest BCUT2D eigenvalue weighted by molar-refractivity contribution is -0.138. The highest BCUT2D eigenvalue weighted by molar-refractivity contribution is 5.82. The van der Waals surface area contributed by atoms with E-state index in [0.717, 1.165) is 5.56 Å². The van der Waals surface area contributed by atoms with Crippen LogP contribution in [-0.4, -0.2) is 84.0 Å². The lowest BCUT2D eigenvalue weighted by Gasteiger charge is -2.36. The van der Waals surface area contributed by atoms with Crippen molar-refractivity contribution in [2.24, 2.45) is 0 Å². The summed E-state index contributed by atoms with van der Waals surface area (Å²) in [6, 6.07) is 9.77. The quantitative estimate of drug-likeness (QED) is 0.758. The molecule has 1 aliphatic rings. The molecule has 1 heterocycles. The van der Waals surface area contributed by atoms with Gasteiger partial charge in [0.05, 0.1) is 6.54 Å². The van der Waals surface area contributed by atoms with Gasteiger partial charge in [-0.2, -0.15) is 0 Å². The highest BCUT2D eigenvalue weighted by Crippen LogP contribution is 2.08. The van der Waals surface area contributed by atoms with Crippen LogP contribution in [0.5, 0.6) is 0 Å². The molecule has 0 atom stereocenters. The van der Waals surface area contributed by atoms with Gasteiger partial charge in [-0.05, 0) is 5.56 Å². The molecule has 0 bridgehead atoms. The van der Waals surface area contributed by atoms with Gasteiger partial charge in [-0.15, -0.1) is 0 Å². The van der Waals surface area contributed by atoms with Crippen molar-refractivity contribution in [2.75, 3.05) is 46.3 Å². The number of aliphatic carboxylic acids is 1.